The summed E-state index contributed by atoms with van der Waals surface area (Å²) in [5.41, 5.74) is 5.61. The zero-order valence-corrected chi connectivity index (χ0v) is 9.82. The Labute approximate surface area is 91.9 Å². The van der Waals surface area contributed by atoms with Gasteiger partial charge >= 0.3 is 0 Å². The van der Waals surface area contributed by atoms with E-state index in [2.05, 4.69) is 17.1 Å². The molecule has 1 atom stereocenters. The van der Waals surface area contributed by atoms with Gasteiger partial charge in [0.15, 0.2) is 0 Å². The Hall–Kier alpha value is -0.900. The maximum atomic E-state index is 5.61. The minimum absolute atomic E-state index is 0.747. The Morgan fingerprint density at radius 3 is 2.73 bits per heavy atom. The number of aromatic nitrogens is 3. The van der Waals surface area contributed by atoms with Gasteiger partial charge in [-0.1, -0.05) is 19.8 Å². The Morgan fingerprint density at radius 2 is 2.20 bits per heavy atom. The lowest BCUT2D eigenvalue weighted by Gasteiger charge is -2.14. The van der Waals surface area contributed by atoms with Crippen LogP contribution in [0.25, 0.3) is 0 Å². The van der Waals surface area contributed by atoms with E-state index in [0.717, 1.165) is 31.1 Å². The van der Waals surface area contributed by atoms with Crippen molar-refractivity contribution in [3.8, 4) is 0 Å². The highest BCUT2D eigenvalue weighted by Crippen LogP contribution is 2.16. The van der Waals surface area contributed by atoms with Crippen molar-refractivity contribution in [3.63, 3.8) is 0 Å². The fourth-order valence-corrected chi connectivity index (χ4v) is 1.94. The van der Waals surface area contributed by atoms with Crippen LogP contribution in [0.3, 0.4) is 0 Å². The summed E-state index contributed by atoms with van der Waals surface area (Å²) in [6, 6.07) is 0. The predicted molar refractivity (Wildman–Crippen MR) is 61.4 cm³/mol. The quantitative estimate of drug-likeness (QED) is 0.742. The molecule has 1 aromatic heterocycles. The van der Waals surface area contributed by atoms with Gasteiger partial charge in [-0.15, -0.1) is 10.2 Å². The Bertz CT molecular complexity index is 263. The van der Waals surface area contributed by atoms with E-state index in [-0.39, 0.29) is 0 Å². The fraction of sp³-hybridized carbons (Fsp3) is 0.818. The molecule has 4 nitrogen and oxygen atoms in total. The van der Waals surface area contributed by atoms with Crippen LogP contribution in [-0.4, -0.2) is 21.3 Å². The molecule has 15 heavy (non-hydrogen) atoms. The van der Waals surface area contributed by atoms with Crippen LogP contribution in [-0.2, 0) is 13.5 Å². The number of nitrogens with two attached hydrogens (primary N) is 1. The van der Waals surface area contributed by atoms with Crippen molar-refractivity contribution in [1.82, 2.24) is 14.8 Å². The molecule has 0 aromatic carbocycles. The molecule has 0 radical (unpaired) electrons. The molecule has 4 heteroatoms. The highest BCUT2D eigenvalue weighted by atomic mass is 15.2. The molecule has 86 valence electrons. The maximum Gasteiger partial charge on any atom is 0.132 e. The number of rotatable bonds is 7. The highest BCUT2D eigenvalue weighted by Gasteiger charge is 2.09. The predicted octanol–water partition coefficient (Wildman–Crippen LogP) is 1.51. The van der Waals surface area contributed by atoms with Crippen molar-refractivity contribution < 1.29 is 0 Å². The van der Waals surface area contributed by atoms with Crippen LogP contribution in [0.15, 0.2) is 6.33 Å². The summed E-state index contributed by atoms with van der Waals surface area (Å²) in [5, 5.41) is 7.97. The Morgan fingerprint density at radius 1 is 1.40 bits per heavy atom. The molecular formula is C11H22N4. The lowest BCUT2D eigenvalue weighted by Crippen LogP contribution is -2.11. The van der Waals surface area contributed by atoms with Crippen molar-refractivity contribution in [3.05, 3.63) is 12.2 Å². The van der Waals surface area contributed by atoms with Gasteiger partial charge in [-0.05, 0) is 25.3 Å². The molecule has 0 fully saturated rings. The molecule has 0 saturated carbocycles. The summed E-state index contributed by atoms with van der Waals surface area (Å²) < 4.78 is 1.99. The van der Waals surface area contributed by atoms with Gasteiger partial charge in [0, 0.05) is 13.5 Å². The number of hydrogen-bond acceptors (Lipinski definition) is 3. The van der Waals surface area contributed by atoms with Gasteiger partial charge in [-0.2, -0.15) is 0 Å². The van der Waals surface area contributed by atoms with Crippen LogP contribution >= 0.6 is 0 Å². The van der Waals surface area contributed by atoms with Gasteiger partial charge in [0.05, 0.1) is 0 Å². The summed E-state index contributed by atoms with van der Waals surface area (Å²) in [6.07, 6.45) is 7.59. The third-order valence-electron chi connectivity index (χ3n) is 2.85. The van der Waals surface area contributed by atoms with E-state index in [1.54, 1.807) is 6.33 Å². The number of aryl methyl sites for hydroxylation is 2. The zero-order valence-electron chi connectivity index (χ0n) is 9.82. The smallest absolute Gasteiger partial charge is 0.132 e. The van der Waals surface area contributed by atoms with E-state index in [1.807, 2.05) is 11.6 Å². The largest absolute Gasteiger partial charge is 0.330 e. The molecule has 0 spiro atoms. The molecule has 0 aliphatic carbocycles. The van der Waals surface area contributed by atoms with Gasteiger partial charge in [0.1, 0.15) is 12.2 Å². The van der Waals surface area contributed by atoms with Crippen LogP contribution in [0.1, 0.15) is 38.4 Å². The van der Waals surface area contributed by atoms with Gasteiger partial charge in [-0.25, -0.2) is 0 Å². The van der Waals surface area contributed by atoms with E-state index >= 15 is 0 Å². The van der Waals surface area contributed by atoms with Crippen molar-refractivity contribution in [2.75, 3.05) is 6.54 Å². The van der Waals surface area contributed by atoms with E-state index in [1.165, 1.54) is 19.3 Å². The molecule has 1 aromatic rings. The van der Waals surface area contributed by atoms with Crippen LogP contribution < -0.4 is 5.73 Å². The molecule has 1 rings (SSSR count). The monoisotopic (exact) mass is 210 g/mol. The number of hydrogen-bond donors (Lipinski definition) is 1. The second-order valence-corrected chi connectivity index (χ2v) is 4.13. The zero-order chi connectivity index (χ0) is 11.1. The summed E-state index contributed by atoms with van der Waals surface area (Å²) in [4.78, 5) is 0. The normalized spacial score (nSPS) is 13.0. The van der Waals surface area contributed by atoms with E-state index in [9.17, 15) is 0 Å². The van der Waals surface area contributed by atoms with E-state index in [0.29, 0.717) is 0 Å². The highest BCUT2D eigenvalue weighted by molar-refractivity contribution is 4.84. The second kappa shape index (κ2) is 6.56. The topological polar surface area (TPSA) is 56.7 Å². The summed E-state index contributed by atoms with van der Waals surface area (Å²) in [7, 11) is 1.99. The molecular weight excluding hydrogens is 188 g/mol. The van der Waals surface area contributed by atoms with Crippen molar-refractivity contribution in [2.45, 2.75) is 39.0 Å². The molecule has 1 heterocycles. The number of nitrogens with zero attached hydrogens (tertiary/aromatic N) is 3. The Kier molecular flexibility index (Phi) is 5.32. The molecule has 0 aliphatic rings. The van der Waals surface area contributed by atoms with Crippen LogP contribution in [0.2, 0.25) is 0 Å². The Balaban J connectivity index is 2.36. The van der Waals surface area contributed by atoms with Crippen molar-refractivity contribution in [2.24, 2.45) is 18.7 Å². The molecule has 2 N–H and O–H groups in total. The first-order valence-electron chi connectivity index (χ1n) is 5.80. The van der Waals surface area contributed by atoms with E-state index < -0.39 is 0 Å². The van der Waals surface area contributed by atoms with Crippen molar-refractivity contribution >= 4 is 0 Å². The van der Waals surface area contributed by atoms with Crippen molar-refractivity contribution in [1.29, 1.82) is 0 Å². The third-order valence-corrected chi connectivity index (χ3v) is 2.85. The minimum atomic E-state index is 0.747. The molecule has 0 saturated heterocycles. The maximum absolute atomic E-state index is 5.61. The lowest BCUT2D eigenvalue weighted by molar-refractivity contribution is 0.415. The van der Waals surface area contributed by atoms with E-state index in [4.69, 9.17) is 5.73 Å². The van der Waals surface area contributed by atoms with Gasteiger partial charge < -0.3 is 10.3 Å². The standard InChI is InChI=1S/C11H22N4/c1-3-4-10(7-8-12)5-6-11-14-13-9-15(11)2/h9-10H,3-8,12H2,1-2H3. The molecule has 0 amide bonds. The first-order chi connectivity index (χ1) is 7.27. The van der Waals surface area contributed by atoms with Crippen LogP contribution in [0.5, 0.6) is 0 Å². The summed E-state index contributed by atoms with van der Waals surface area (Å²) in [5.74, 6) is 1.82. The minimum Gasteiger partial charge on any atom is -0.330 e. The molecule has 0 aliphatic heterocycles. The van der Waals surface area contributed by atoms with Gasteiger partial charge in [-0.3, -0.25) is 0 Å². The SMILES string of the molecule is CCCC(CCN)CCc1nncn1C. The average Bonchev–Trinajstić information content (AvgIpc) is 2.61. The van der Waals surface area contributed by atoms with Gasteiger partial charge in [0.2, 0.25) is 0 Å². The first kappa shape index (κ1) is 12.2. The van der Waals surface area contributed by atoms with Crippen LogP contribution in [0.4, 0.5) is 0 Å². The lowest BCUT2D eigenvalue weighted by atomic mass is 9.94. The van der Waals surface area contributed by atoms with Crippen LogP contribution in [0, 0.1) is 5.92 Å². The first-order valence-corrected chi connectivity index (χ1v) is 5.80. The third kappa shape index (κ3) is 4.00. The second-order valence-electron chi connectivity index (χ2n) is 4.13. The molecule has 1 unspecified atom stereocenters. The van der Waals surface area contributed by atoms with Gasteiger partial charge in [0.25, 0.3) is 0 Å². The summed E-state index contributed by atoms with van der Waals surface area (Å²) in [6.45, 7) is 3.02. The average molecular weight is 210 g/mol. The summed E-state index contributed by atoms with van der Waals surface area (Å²) >= 11 is 0. The fourth-order valence-electron chi connectivity index (χ4n) is 1.94. The molecule has 0 bridgehead atoms.